The van der Waals surface area contributed by atoms with Crippen LogP contribution in [-0.2, 0) is 11.3 Å². The minimum Gasteiger partial charge on any atom is -0.353 e. The van der Waals surface area contributed by atoms with Gasteiger partial charge in [-0.3, -0.25) is 4.79 Å². The zero-order valence-electron chi connectivity index (χ0n) is 9.05. The maximum Gasteiger partial charge on any atom is 0.233 e. The van der Waals surface area contributed by atoms with Crippen LogP contribution in [0.15, 0.2) is 18.7 Å². The third kappa shape index (κ3) is 3.95. The molecule has 0 saturated carbocycles. The summed E-state index contributed by atoms with van der Waals surface area (Å²) in [6, 6.07) is 0. The van der Waals surface area contributed by atoms with Gasteiger partial charge in [-0.15, -0.1) is 0 Å². The predicted octanol–water partition coefficient (Wildman–Crippen LogP) is 0.954. The molecule has 0 aromatic carbocycles. The van der Waals surface area contributed by atoms with Crippen molar-refractivity contribution in [3.05, 3.63) is 18.7 Å². The van der Waals surface area contributed by atoms with Crippen LogP contribution in [0.3, 0.4) is 0 Å². The van der Waals surface area contributed by atoms with Gasteiger partial charge in [0.25, 0.3) is 0 Å². The van der Waals surface area contributed by atoms with E-state index < -0.39 is 0 Å². The molecule has 0 fully saturated rings. The number of rotatable bonds is 5. The van der Waals surface area contributed by atoms with Crippen molar-refractivity contribution in [1.29, 1.82) is 0 Å². The Morgan fingerprint density at radius 1 is 1.60 bits per heavy atom. The standard InChI is InChI=1S/C10H17N3OS/c1-8(2)9(15)10(14)12-4-6-13-5-3-11-7-13/h3,5,7-9,15H,4,6H2,1-2H3,(H,12,14). The molecule has 1 amide bonds. The van der Waals surface area contributed by atoms with E-state index in [-0.39, 0.29) is 17.1 Å². The second-order valence-electron chi connectivity index (χ2n) is 3.78. The van der Waals surface area contributed by atoms with Crippen molar-refractivity contribution in [2.75, 3.05) is 6.54 Å². The van der Waals surface area contributed by atoms with E-state index >= 15 is 0 Å². The first-order valence-corrected chi connectivity index (χ1v) is 5.54. The molecule has 0 aliphatic rings. The second-order valence-corrected chi connectivity index (χ2v) is 4.34. The number of thiol groups is 1. The Kier molecular flexibility index (Phi) is 4.68. The Morgan fingerprint density at radius 3 is 2.87 bits per heavy atom. The Labute approximate surface area is 95.5 Å². The molecule has 1 aromatic heterocycles. The van der Waals surface area contributed by atoms with Crippen molar-refractivity contribution in [3.8, 4) is 0 Å². The van der Waals surface area contributed by atoms with Crippen LogP contribution < -0.4 is 5.32 Å². The molecular formula is C10H17N3OS. The molecule has 0 bridgehead atoms. The minimum atomic E-state index is -0.229. The third-order valence-electron chi connectivity index (χ3n) is 2.13. The quantitative estimate of drug-likeness (QED) is 0.736. The van der Waals surface area contributed by atoms with Crippen molar-refractivity contribution in [1.82, 2.24) is 14.9 Å². The Hall–Kier alpha value is -0.970. The van der Waals surface area contributed by atoms with Gasteiger partial charge >= 0.3 is 0 Å². The molecule has 4 nitrogen and oxygen atoms in total. The fraction of sp³-hybridized carbons (Fsp3) is 0.600. The molecule has 0 aliphatic carbocycles. The van der Waals surface area contributed by atoms with Crippen LogP contribution >= 0.6 is 12.6 Å². The van der Waals surface area contributed by atoms with Gasteiger partial charge in [-0.2, -0.15) is 12.6 Å². The lowest BCUT2D eigenvalue weighted by atomic mass is 10.1. The van der Waals surface area contributed by atoms with Gasteiger partial charge in [0, 0.05) is 25.5 Å². The zero-order chi connectivity index (χ0) is 11.3. The zero-order valence-corrected chi connectivity index (χ0v) is 9.95. The molecule has 1 aromatic rings. The van der Waals surface area contributed by atoms with E-state index in [0.29, 0.717) is 6.54 Å². The molecule has 15 heavy (non-hydrogen) atoms. The van der Waals surface area contributed by atoms with Crippen molar-refractivity contribution in [2.24, 2.45) is 5.92 Å². The van der Waals surface area contributed by atoms with E-state index in [4.69, 9.17) is 0 Å². The van der Waals surface area contributed by atoms with Crippen LogP contribution in [0.5, 0.6) is 0 Å². The average molecular weight is 227 g/mol. The number of imidazole rings is 1. The summed E-state index contributed by atoms with van der Waals surface area (Å²) in [7, 11) is 0. The molecule has 0 saturated heterocycles. The maximum absolute atomic E-state index is 11.5. The molecule has 5 heteroatoms. The Bertz CT molecular complexity index is 298. The first-order chi connectivity index (χ1) is 7.11. The maximum atomic E-state index is 11.5. The number of hydrogen-bond donors (Lipinski definition) is 2. The lowest BCUT2D eigenvalue weighted by Crippen LogP contribution is -2.36. The normalized spacial score (nSPS) is 12.8. The summed E-state index contributed by atoms with van der Waals surface area (Å²) in [4.78, 5) is 15.4. The lowest BCUT2D eigenvalue weighted by molar-refractivity contribution is -0.121. The van der Waals surface area contributed by atoms with Crippen LogP contribution in [0.4, 0.5) is 0 Å². The van der Waals surface area contributed by atoms with Gasteiger partial charge in [0.15, 0.2) is 0 Å². The summed E-state index contributed by atoms with van der Waals surface area (Å²) in [5.41, 5.74) is 0. The fourth-order valence-electron chi connectivity index (χ4n) is 1.13. The summed E-state index contributed by atoms with van der Waals surface area (Å²) in [6.07, 6.45) is 5.32. The van der Waals surface area contributed by atoms with E-state index in [1.807, 2.05) is 24.6 Å². The van der Waals surface area contributed by atoms with Crippen molar-refractivity contribution < 1.29 is 4.79 Å². The van der Waals surface area contributed by atoms with Gasteiger partial charge in [-0.05, 0) is 5.92 Å². The number of nitrogens with one attached hydrogen (secondary N) is 1. The number of amides is 1. The van der Waals surface area contributed by atoms with E-state index in [2.05, 4.69) is 22.9 Å². The topological polar surface area (TPSA) is 46.9 Å². The summed E-state index contributed by atoms with van der Waals surface area (Å²) < 4.78 is 1.92. The van der Waals surface area contributed by atoms with E-state index in [1.54, 1.807) is 12.5 Å². The molecule has 1 atom stereocenters. The number of nitrogens with zero attached hydrogens (tertiary/aromatic N) is 2. The summed E-state index contributed by atoms with van der Waals surface area (Å²) in [5.74, 6) is 0.245. The minimum absolute atomic E-state index is 0.00607. The second kappa shape index (κ2) is 5.80. The SMILES string of the molecule is CC(C)C(S)C(=O)NCCn1ccnc1. The molecular weight excluding hydrogens is 210 g/mol. The number of carbonyl (C=O) groups excluding carboxylic acids is 1. The van der Waals surface area contributed by atoms with Crippen LogP contribution in [0, 0.1) is 5.92 Å². The Morgan fingerprint density at radius 2 is 2.33 bits per heavy atom. The highest BCUT2D eigenvalue weighted by molar-refractivity contribution is 7.81. The molecule has 1 rings (SSSR count). The fourth-order valence-corrected chi connectivity index (χ4v) is 1.23. The highest BCUT2D eigenvalue weighted by Crippen LogP contribution is 2.08. The number of hydrogen-bond acceptors (Lipinski definition) is 3. The van der Waals surface area contributed by atoms with E-state index in [9.17, 15) is 4.79 Å². The predicted molar refractivity (Wildman–Crippen MR) is 62.8 cm³/mol. The highest BCUT2D eigenvalue weighted by Gasteiger charge is 2.16. The van der Waals surface area contributed by atoms with Crippen LogP contribution in [0.1, 0.15) is 13.8 Å². The van der Waals surface area contributed by atoms with E-state index in [1.165, 1.54) is 0 Å². The average Bonchev–Trinajstić information content (AvgIpc) is 2.69. The summed E-state index contributed by atoms with van der Waals surface area (Å²) >= 11 is 4.24. The van der Waals surface area contributed by atoms with E-state index in [0.717, 1.165) is 6.54 Å². The summed E-state index contributed by atoms with van der Waals surface area (Å²) in [6.45, 7) is 5.31. The van der Waals surface area contributed by atoms with Crippen LogP contribution in [0.2, 0.25) is 0 Å². The Balaban J connectivity index is 2.23. The third-order valence-corrected chi connectivity index (χ3v) is 2.96. The molecule has 1 heterocycles. The van der Waals surface area contributed by atoms with Gasteiger partial charge in [0.2, 0.25) is 5.91 Å². The molecule has 0 aliphatic heterocycles. The van der Waals surface area contributed by atoms with Gasteiger partial charge in [0.1, 0.15) is 0 Å². The summed E-state index contributed by atoms with van der Waals surface area (Å²) in [5, 5.41) is 2.61. The van der Waals surface area contributed by atoms with Crippen molar-refractivity contribution in [2.45, 2.75) is 25.6 Å². The van der Waals surface area contributed by atoms with Gasteiger partial charge in [-0.25, -0.2) is 4.98 Å². The monoisotopic (exact) mass is 227 g/mol. The number of carbonyl (C=O) groups is 1. The lowest BCUT2D eigenvalue weighted by Gasteiger charge is -2.14. The van der Waals surface area contributed by atoms with Gasteiger partial charge in [-0.1, -0.05) is 13.8 Å². The molecule has 1 unspecified atom stereocenters. The number of aromatic nitrogens is 2. The van der Waals surface area contributed by atoms with Gasteiger partial charge < -0.3 is 9.88 Å². The van der Waals surface area contributed by atoms with Crippen molar-refractivity contribution >= 4 is 18.5 Å². The first kappa shape index (κ1) is 12.1. The molecule has 0 radical (unpaired) electrons. The largest absolute Gasteiger partial charge is 0.353 e. The molecule has 1 N–H and O–H groups in total. The first-order valence-electron chi connectivity index (χ1n) is 5.02. The highest BCUT2D eigenvalue weighted by atomic mass is 32.1. The van der Waals surface area contributed by atoms with Crippen LogP contribution in [0.25, 0.3) is 0 Å². The van der Waals surface area contributed by atoms with Crippen LogP contribution in [-0.4, -0.2) is 27.3 Å². The smallest absolute Gasteiger partial charge is 0.233 e. The van der Waals surface area contributed by atoms with Crippen molar-refractivity contribution in [3.63, 3.8) is 0 Å². The molecule has 0 spiro atoms. The van der Waals surface area contributed by atoms with Gasteiger partial charge in [0.05, 0.1) is 11.6 Å². The molecule has 84 valence electrons.